The van der Waals surface area contributed by atoms with Gasteiger partial charge in [-0.1, -0.05) is 0 Å². The van der Waals surface area contributed by atoms with E-state index in [0.717, 1.165) is 10.7 Å². The second-order valence-electron chi connectivity index (χ2n) is 4.64. The highest BCUT2D eigenvalue weighted by Gasteiger charge is 2.09. The standard InChI is InChI=1S/C14H18N4O3S/c1-10-16-11(9-22-10)5-6-15-14(20)12-3-4-13(19)18(17-12)7-8-21-2/h3-4,9H,5-8H2,1-2H3,(H,15,20). The summed E-state index contributed by atoms with van der Waals surface area (Å²) < 4.78 is 6.14. The molecule has 0 aliphatic heterocycles. The molecule has 1 amide bonds. The third-order valence-corrected chi connectivity index (χ3v) is 3.76. The van der Waals surface area contributed by atoms with Gasteiger partial charge in [0.2, 0.25) is 0 Å². The highest BCUT2D eigenvalue weighted by atomic mass is 32.1. The Labute approximate surface area is 132 Å². The Morgan fingerprint density at radius 3 is 2.95 bits per heavy atom. The maximum atomic E-state index is 12.0. The largest absolute Gasteiger partial charge is 0.383 e. The van der Waals surface area contributed by atoms with Crippen molar-refractivity contribution in [2.75, 3.05) is 20.3 Å². The monoisotopic (exact) mass is 322 g/mol. The fourth-order valence-electron chi connectivity index (χ4n) is 1.83. The zero-order valence-corrected chi connectivity index (χ0v) is 13.4. The van der Waals surface area contributed by atoms with Gasteiger partial charge in [-0.25, -0.2) is 9.67 Å². The lowest BCUT2D eigenvalue weighted by atomic mass is 10.3. The number of thiazole rings is 1. The SMILES string of the molecule is COCCn1nc(C(=O)NCCc2csc(C)n2)ccc1=O. The van der Waals surface area contributed by atoms with Crippen LogP contribution in [-0.4, -0.2) is 40.9 Å². The molecule has 2 aromatic rings. The Hall–Kier alpha value is -2.06. The molecule has 0 aromatic carbocycles. The minimum absolute atomic E-state index is 0.213. The topological polar surface area (TPSA) is 86.1 Å². The second kappa shape index (κ2) is 7.81. The van der Waals surface area contributed by atoms with Gasteiger partial charge in [0.1, 0.15) is 5.69 Å². The third kappa shape index (κ3) is 4.47. The van der Waals surface area contributed by atoms with Crippen molar-refractivity contribution in [2.24, 2.45) is 0 Å². The predicted molar refractivity (Wildman–Crippen MR) is 83.3 cm³/mol. The van der Waals surface area contributed by atoms with Crippen LogP contribution in [0.2, 0.25) is 0 Å². The number of carbonyl (C=O) groups excluding carboxylic acids is 1. The van der Waals surface area contributed by atoms with Crippen LogP contribution in [0, 0.1) is 6.92 Å². The van der Waals surface area contributed by atoms with Gasteiger partial charge in [-0.3, -0.25) is 9.59 Å². The smallest absolute Gasteiger partial charge is 0.271 e. The van der Waals surface area contributed by atoms with Crippen molar-refractivity contribution in [1.29, 1.82) is 0 Å². The van der Waals surface area contributed by atoms with Crippen LogP contribution in [0.3, 0.4) is 0 Å². The van der Waals surface area contributed by atoms with E-state index in [-0.39, 0.29) is 17.2 Å². The van der Waals surface area contributed by atoms with Crippen molar-refractivity contribution >= 4 is 17.2 Å². The first kappa shape index (κ1) is 16.3. The molecule has 0 unspecified atom stereocenters. The Balaban J connectivity index is 1.92. The molecule has 22 heavy (non-hydrogen) atoms. The maximum absolute atomic E-state index is 12.0. The molecule has 2 rings (SSSR count). The number of amides is 1. The van der Waals surface area contributed by atoms with Crippen LogP contribution >= 0.6 is 11.3 Å². The number of aromatic nitrogens is 3. The summed E-state index contributed by atoms with van der Waals surface area (Å²) in [5.41, 5.74) is 0.914. The van der Waals surface area contributed by atoms with E-state index in [2.05, 4.69) is 15.4 Å². The fourth-order valence-corrected chi connectivity index (χ4v) is 2.47. The summed E-state index contributed by atoms with van der Waals surface area (Å²) in [4.78, 5) is 28.0. The van der Waals surface area contributed by atoms with E-state index in [0.29, 0.717) is 26.1 Å². The van der Waals surface area contributed by atoms with Gasteiger partial charge in [0.05, 0.1) is 23.9 Å². The number of aryl methyl sites for hydroxylation is 1. The lowest BCUT2D eigenvalue weighted by Crippen LogP contribution is -2.31. The minimum Gasteiger partial charge on any atom is -0.383 e. The van der Waals surface area contributed by atoms with Gasteiger partial charge in [-0.15, -0.1) is 11.3 Å². The molecule has 0 atom stereocenters. The van der Waals surface area contributed by atoms with Crippen LogP contribution in [0.25, 0.3) is 0 Å². The lowest BCUT2D eigenvalue weighted by molar-refractivity contribution is 0.0945. The summed E-state index contributed by atoms with van der Waals surface area (Å²) >= 11 is 1.58. The molecule has 2 aromatic heterocycles. The summed E-state index contributed by atoms with van der Waals surface area (Å²) in [7, 11) is 1.54. The molecule has 0 radical (unpaired) electrons. The molecule has 8 heteroatoms. The Morgan fingerprint density at radius 2 is 2.27 bits per heavy atom. The van der Waals surface area contributed by atoms with E-state index in [1.54, 1.807) is 18.4 Å². The number of carbonyl (C=O) groups is 1. The second-order valence-corrected chi connectivity index (χ2v) is 5.70. The summed E-state index contributed by atoms with van der Waals surface area (Å²) in [6.07, 6.45) is 0.666. The first-order chi connectivity index (χ1) is 10.6. The number of ether oxygens (including phenoxy) is 1. The van der Waals surface area contributed by atoms with E-state index in [1.807, 2.05) is 12.3 Å². The van der Waals surface area contributed by atoms with Crippen molar-refractivity contribution in [3.8, 4) is 0 Å². The van der Waals surface area contributed by atoms with Crippen LogP contribution in [0.5, 0.6) is 0 Å². The van der Waals surface area contributed by atoms with Gasteiger partial charge in [0.15, 0.2) is 0 Å². The van der Waals surface area contributed by atoms with Crippen molar-refractivity contribution in [3.05, 3.63) is 44.3 Å². The normalized spacial score (nSPS) is 10.6. The molecule has 118 valence electrons. The number of hydrogen-bond acceptors (Lipinski definition) is 6. The van der Waals surface area contributed by atoms with Gasteiger partial charge in [-0.05, 0) is 13.0 Å². The van der Waals surface area contributed by atoms with Crippen LogP contribution in [0.1, 0.15) is 21.2 Å². The molecule has 0 aliphatic rings. The average molecular weight is 322 g/mol. The molecule has 0 fully saturated rings. The number of nitrogens with one attached hydrogen (secondary N) is 1. The third-order valence-electron chi connectivity index (χ3n) is 2.94. The Morgan fingerprint density at radius 1 is 1.45 bits per heavy atom. The quantitative estimate of drug-likeness (QED) is 0.808. The summed E-state index contributed by atoms with van der Waals surface area (Å²) in [5.74, 6) is -0.307. The maximum Gasteiger partial charge on any atom is 0.271 e. The van der Waals surface area contributed by atoms with Gasteiger partial charge in [0.25, 0.3) is 11.5 Å². The highest BCUT2D eigenvalue weighted by molar-refractivity contribution is 7.09. The van der Waals surface area contributed by atoms with E-state index < -0.39 is 0 Å². The molecule has 7 nitrogen and oxygen atoms in total. The van der Waals surface area contributed by atoms with Crippen molar-refractivity contribution in [1.82, 2.24) is 20.1 Å². The molecule has 0 bridgehead atoms. The van der Waals surface area contributed by atoms with Crippen LogP contribution in [0.15, 0.2) is 22.3 Å². The van der Waals surface area contributed by atoms with Crippen LogP contribution in [-0.2, 0) is 17.7 Å². The average Bonchev–Trinajstić information content (AvgIpc) is 2.92. The molecule has 0 saturated heterocycles. The van der Waals surface area contributed by atoms with Crippen molar-refractivity contribution in [2.45, 2.75) is 19.9 Å². The lowest BCUT2D eigenvalue weighted by Gasteiger charge is -2.07. The van der Waals surface area contributed by atoms with Crippen LogP contribution < -0.4 is 10.9 Å². The Bertz CT molecular complexity index is 695. The number of nitrogens with zero attached hydrogens (tertiary/aromatic N) is 3. The van der Waals surface area contributed by atoms with Crippen molar-refractivity contribution in [3.63, 3.8) is 0 Å². The van der Waals surface area contributed by atoms with Gasteiger partial charge in [-0.2, -0.15) is 5.10 Å². The summed E-state index contributed by atoms with van der Waals surface area (Å²) in [6, 6.07) is 2.76. The molecule has 2 heterocycles. The molecule has 0 spiro atoms. The number of methoxy groups -OCH3 is 1. The van der Waals surface area contributed by atoms with E-state index in [1.165, 1.54) is 16.8 Å². The van der Waals surface area contributed by atoms with E-state index in [9.17, 15) is 9.59 Å². The fraction of sp³-hybridized carbons (Fsp3) is 0.429. The first-order valence-corrected chi connectivity index (χ1v) is 7.74. The minimum atomic E-state index is -0.307. The van der Waals surface area contributed by atoms with Gasteiger partial charge >= 0.3 is 0 Å². The van der Waals surface area contributed by atoms with Crippen molar-refractivity contribution < 1.29 is 9.53 Å². The predicted octanol–water partition coefficient (Wildman–Crippen LogP) is 0.627. The van der Waals surface area contributed by atoms with Crippen LogP contribution in [0.4, 0.5) is 0 Å². The number of hydrogen-bond donors (Lipinski definition) is 1. The van der Waals surface area contributed by atoms with Gasteiger partial charge < -0.3 is 10.1 Å². The first-order valence-electron chi connectivity index (χ1n) is 6.86. The molecular weight excluding hydrogens is 304 g/mol. The highest BCUT2D eigenvalue weighted by Crippen LogP contribution is 2.07. The Kier molecular flexibility index (Phi) is 5.79. The van der Waals surface area contributed by atoms with E-state index in [4.69, 9.17) is 4.74 Å². The molecule has 0 aliphatic carbocycles. The summed E-state index contributed by atoms with van der Waals surface area (Å²) in [6.45, 7) is 3.09. The zero-order chi connectivity index (χ0) is 15.9. The van der Waals surface area contributed by atoms with E-state index >= 15 is 0 Å². The molecular formula is C14H18N4O3S. The summed E-state index contributed by atoms with van der Waals surface area (Å²) in [5, 5.41) is 9.80. The van der Waals surface area contributed by atoms with Gasteiger partial charge in [0, 0.05) is 31.5 Å². The molecule has 1 N–H and O–H groups in total. The number of rotatable bonds is 7. The zero-order valence-electron chi connectivity index (χ0n) is 12.5. The molecule has 0 saturated carbocycles.